The molecule has 0 aliphatic carbocycles. The van der Waals surface area contributed by atoms with Crippen molar-refractivity contribution in [3.8, 4) is 0 Å². The van der Waals surface area contributed by atoms with Crippen LogP contribution in [0.4, 0.5) is 11.4 Å². The molecule has 15 heavy (non-hydrogen) atoms. The average Bonchev–Trinajstić information content (AvgIpc) is 2.26. The Morgan fingerprint density at radius 3 is 3.13 bits per heavy atom. The third-order valence-electron chi connectivity index (χ3n) is 2.36. The summed E-state index contributed by atoms with van der Waals surface area (Å²) in [5, 5.41) is 6.74. The summed E-state index contributed by atoms with van der Waals surface area (Å²) in [4.78, 5) is 19.2. The molecule has 2 aromatic rings. The van der Waals surface area contributed by atoms with E-state index in [0.717, 1.165) is 22.3 Å². The van der Waals surface area contributed by atoms with Crippen LogP contribution in [0.3, 0.4) is 0 Å². The van der Waals surface area contributed by atoms with Crippen LogP contribution in [0.25, 0.3) is 10.9 Å². The number of nitrogens with zero attached hydrogens (tertiary/aromatic N) is 2. The van der Waals surface area contributed by atoms with Crippen LogP contribution >= 0.6 is 0 Å². The number of benzene rings is 1. The van der Waals surface area contributed by atoms with Gasteiger partial charge >= 0.3 is 0 Å². The van der Waals surface area contributed by atoms with Crippen LogP contribution in [0, 0.1) is 0 Å². The summed E-state index contributed by atoms with van der Waals surface area (Å²) in [6.07, 6.45) is 3.24. The molecule has 2 heterocycles. The number of amides is 1. The predicted octanol–water partition coefficient (Wildman–Crippen LogP) is 0.994. The molecule has 0 atom stereocenters. The molecule has 0 saturated carbocycles. The lowest BCUT2D eigenvalue weighted by Gasteiger charge is -2.18. The number of rotatable bonds is 0. The maximum absolute atomic E-state index is 11.2. The van der Waals surface area contributed by atoms with E-state index in [-0.39, 0.29) is 5.91 Å². The van der Waals surface area contributed by atoms with Crippen LogP contribution in [-0.2, 0) is 4.79 Å². The Hall–Kier alpha value is -2.17. The van der Waals surface area contributed by atoms with Crippen LogP contribution in [0.2, 0.25) is 0 Å². The topological polar surface area (TPSA) is 66.9 Å². The van der Waals surface area contributed by atoms with E-state index in [1.165, 1.54) is 6.33 Å². The van der Waals surface area contributed by atoms with E-state index >= 15 is 0 Å². The number of anilines is 2. The molecule has 3 rings (SSSR count). The van der Waals surface area contributed by atoms with Gasteiger partial charge in [-0.15, -0.1) is 0 Å². The van der Waals surface area contributed by atoms with Crippen molar-refractivity contribution in [1.29, 1.82) is 0 Å². The molecule has 5 nitrogen and oxygen atoms in total. The molecule has 1 aliphatic heterocycles. The normalized spacial score (nSPS) is 14.3. The molecular formula is C10H8N4O. The van der Waals surface area contributed by atoms with Gasteiger partial charge in [-0.2, -0.15) is 0 Å². The third kappa shape index (κ3) is 1.28. The first-order chi connectivity index (χ1) is 7.33. The lowest BCUT2D eigenvalue weighted by molar-refractivity contribution is -0.114. The van der Waals surface area contributed by atoms with Crippen LogP contribution < -0.4 is 10.6 Å². The minimum absolute atomic E-state index is 0.0290. The van der Waals surface area contributed by atoms with Crippen LogP contribution in [0.5, 0.6) is 0 Å². The highest BCUT2D eigenvalue weighted by atomic mass is 16.2. The van der Waals surface area contributed by atoms with E-state index in [0.29, 0.717) is 6.54 Å². The summed E-state index contributed by atoms with van der Waals surface area (Å²) in [7, 11) is 0. The Labute approximate surface area is 85.5 Å². The van der Waals surface area contributed by atoms with Crippen molar-refractivity contribution in [3.05, 3.63) is 24.7 Å². The summed E-state index contributed by atoms with van der Waals surface area (Å²) in [5.41, 5.74) is 2.56. The molecule has 0 bridgehead atoms. The summed E-state index contributed by atoms with van der Waals surface area (Å²) >= 11 is 0. The van der Waals surface area contributed by atoms with Gasteiger partial charge in [0.15, 0.2) is 0 Å². The Balaban J connectivity index is 2.24. The standard InChI is InChI=1S/C10H8N4O/c15-10-4-12-8-2-7-6(1-9(8)14-10)3-11-5-13-7/h1-3,5,12H,4H2,(H,14,15). The van der Waals surface area contributed by atoms with Crippen molar-refractivity contribution in [2.45, 2.75) is 0 Å². The molecule has 5 heteroatoms. The van der Waals surface area contributed by atoms with Gasteiger partial charge < -0.3 is 10.6 Å². The number of hydrogen-bond acceptors (Lipinski definition) is 4. The molecule has 74 valence electrons. The minimum Gasteiger partial charge on any atom is -0.374 e. The fraction of sp³-hybridized carbons (Fsp3) is 0.100. The third-order valence-corrected chi connectivity index (χ3v) is 2.36. The van der Waals surface area contributed by atoms with Gasteiger partial charge in [-0.05, 0) is 12.1 Å². The van der Waals surface area contributed by atoms with Gasteiger partial charge in [0.2, 0.25) is 5.91 Å². The summed E-state index contributed by atoms with van der Waals surface area (Å²) in [6, 6.07) is 3.78. The molecule has 0 spiro atoms. The van der Waals surface area contributed by atoms with Crippen molar-refractivity contribution in [2.75, 3.05) is 17.2 Å². The SMILES string of the molecule is O=C1CNc2cc3ncncc3cc2N1. The van der Waals surface area contributed by atoms with Gasteiger partial charge in [0.25, 0.3) is 0 Å². The van der Waals surface area contributed by atoms with E-state index in [9.17, 15) is 4.79 Å². The van der Waals surface area contributed by atoms with E-state index in [4.69, 9.17) is 0 Å². The van der Waals surface area contributed by atoms with Gasteiger partial charge in [0.05, 0.1) is 23.4 Å². The van der Waals surface area contributed by atoms with E-state index in [1.807, 2.05) is 12.1 Å². The Kier molecular flexibility index (Phi) is 1.58. The lowest BCUT2D eigenvalue weighted by Crippen LogP contribution is -2.27. The number of nitrogens with one attached hydrogen (secondary N) is 2. The predicted molar refractivity (Wildman–Crippen MR) is 56.7 cm³/mol. The molecule has 2 N–H and O–H groups in total. The van der Waals surface area contributed by atoms with E-state index in [1.54, 1.807) is 6.20 Å². The van der Waals surface area contributed by atoms with Crippen LogP contribution in [0.1, 0.15) is 0 Å². The van der Waals surface area contributed by atoms with Gasteiger partial charge in [0.1, 0.15) is 6.33 Å². The average molecular weight is 200 g/mol. The van der Waals surface area contributed by atoms with Crippen molar-refractivity contribution in [1.82, 2.24) is 9.97 Å². The van der Waals surface area contributed by atoms with Gasteiger partial charge in [0, 0.05) is 11.6 Å². The van der Waals surface area contributed by atoms with Gasteiger partial charge in [-0.25, -0.2) is 9.97 Å². The quantitative estimate of drug-likeness (QED) is 0.665. The van der Waals surface area contributed by atoms with Crippen molar-refractivity contribution >= 4 is 28.2 Å². The highest BCUT2D eigenvalue weighted by Crippen LogP contribution is 2.28. The summed E-state index contributed by atoms with van der Waals surface area (Å²) < 4.78 is 0. The highest BCUT2D eigenvalue weighted by molar-refractivity contribution is 6.03. The minimum atomic E-state index is -0.0290. The first-order valence-electron chi connectivity index (χ1n) is 4.60. The molecule has 0 unspecified atom stereocenters. The number of aromatic nitrogens is 2. The number of hydrogen-bond donors (Lipinski definition) is 2. The summed E-state index contributed by atoms with van der Waals surface area (Å²) in [6.45, 7) is 0.309. The van der Waals surface area contributed by atoms with Crippen LogP contribution in [-0.4, -0.2) is 22.4 Å². The second-order valence-corrected chi connectivity index (χ2v) is 3.38. The molecule has 1 aromatic carbocycles. The Morgan fingerprint density at radius 1 is 1.27 bits per heavy atom. The van der Waals surface area contributed by atoms with Crippen molar-refractivity contribution in [3.63, 3.8) is 0 Å². The zero-order valence-corrected chi connectivity index (χ0v) is 7.82. The first kappa shape index (κ1) is 8.16. The largest absolute Gasteiger partial charge is 0.374 e. The van der Waals surface area contributed by atoms with E-state index < -0.39 is 0 Å². The highest BCUT2D eigenvalue weighted by Gasteiger charge is 2.14. The number of carbonyl (C=O) groups is 1. The lowest BCUT2D eigenvalue weighted by atomic mass is 10.1. The monoisotopic (exact) mass is 200 g/mol. The number of fused-ring (bicyclic) bond motifs is 2. The summed E-state index contributed by atoms with van der Waals surface area (Å²) in [5.74, 6) is -0.0290. The maximum Gasteiger partial charge on any atom is 0.243 e. The zero-order chi connectivity index (χ0) is 10.3. The van der Waals surface area contributed by atoms with Crippen LogP contribution in [0.15, 0.2) is 24.7 Å². The van der Waals surface area contributed by atoms with Crippen molar-refractivity contribution in [2.24, 2.45) is 0 Å². The fourth-order valence-electron chi connectivity index (χ4n) is 1.65. The second kappa shape index (κ2) is 2.91. The molecule has 1 aromatic heterocycles. The molecule has 0 fully saturated rings. The molecular weight excluding hydrogens is 192 g/mol. The smallest absolute Gasteiger partial charge is 0.243 e. The Bertz CT molecular complexity index is 552. The zero-order valence-electron chi connectivity index (χ0n) is 7.82. The fourth-order valence-corrected chi connectivity index (χ4v) is 1.65. The molecule has 0 radical (unpaired) electrons. The molecule has 1 aliphatic rings. The first-order valence-corrected chi connectivity index (χ1v) is 4.60. The second-order valence-electron chi connectivity index (χ2n) is 3.38. The van der Waals surface area contributed by atoms with Gasteiger partial charge in [-0.1, -0.05) is 0 Å². The maximum atomic E-state index is 11.2. The van der Waals surface area contributed by atoms with E-state index in [2.05, 4.69) is 20.6 Å². The molecule has 1 amide bonds. The number of carbonyl (C=O) groups excluding carboxylic acids is 1. The Morgan fingerprint density at radius 2 is 2.20 bits per heavy atom. The molecule has 0 saturated heterocycles. The van der Waals surface area contributed by atoms with Crippen molar-refractivity contribution < 1.29 is 4.79 Å². The van der Waals surface area contributed by atoms with Gasteiger partial charge in [-0.3, -0.25) is 4.79 Å².